The largest absolute Gasteiger partial charge is 0.486 e. The maximum Gasteiger partial charge on any atom is 0.317 e. The molecule has 7 nitrogen and oxygen atoms in total. The van der Waals surface area contributed by atoms with E-state index in [2.05, 4.69) is 12.2 Å². The Morgan fingerprint density at radius 3 is 2.85 bits per heavy atom. The number of amides is 3. The summed E-state index contributed by atoms with van der Waals surface area (Å²) in [5, 5.41) is 3.07. The minimum atomic E-state index is -0.169. The van der Waals surface area contributed by atoms with Crippen LogP contribution in [0.15, 0.2) is 18.2 Å². The average Bonchev–Trinajstić information content (AvgIpc) is 3.07. The molecule has 0 unspecified atom stereocenters. The van der Waals surface area contributed by atoms with Crippen molar-refractivity contribution in [3.8, 4) is 11.5 Å². The average molecular weight is 373 g/mol. The van der Waals surface area contributed by atoms with E-state index in [0.29, 0.717) is 43.7 Å². The second kappa shape index (κ2) is 7.66. The Kier molecular flexibility index (Phi) is 5.09. The molecule has 0 radical (unpaired) electrons. The molecule has 3 amide bonds. The van der Waals surface area contributed by atoms with Crippen molar-refractivity contribution in [1.82, 2.24) is 10.2 Å². The maximum absolute atomic E-state index is 12.7. The number of carbonyl (C=O) groups is 2. The molecule has 0 bridgehead atoms. The molecule has 2 fully saturated rings. The molecular formula is C20H27N3O4. The third-order valence-corrected chi connectivity index (χ3v) is 5.65. The lowest BCUT2D eigenvalue weighted by molar-refractivity contribution is -0.117. The molecule has 2 atom stereocenters. The van der Waals surface area contributed by atoms with Gasteiger partial charge in [0, 0.05) is 37.3 Å². The summed E-state index contributed by atoms with van der Waals surface area (Å²) in [4.78, 5) is 28.9. The lowest BCUT2D eigenvalue weighted by Crippen LogP contribution is -2.51. The van der Waals surface area contributed by atoms with E-state index in [9.17, 15) is 9.59 Å². The number of likely N-dealkylation sites (tertiary alicyclic amines) is 1. The van der Waals surface area contributed by atoms with Crippen LogP contribution in [0.4, 0.5) is 10.5 Å². The summed E-state index contributed by atoms with van der Waals surface area (Å²) in [6.07, 6.45) is 4.60. The monoisotopic (exact) mass is 373 g/mol. The molecule has 2 saturated heterocycles. The van der Waals surface area contributed by atoms with Crippen molar-refractivity contribution in [1.29, 1.82) is 0 Å². The van der Waals surface area contributed by atoms with Gasteiger partial charge < -0.3 is 24.6 Å². The molecule has 1 aromatic rings. The predicted molar refractivity (Wildman–Crippen MR) is 101 cm³/mol. The molecule has 4 rings (SSSR count). The zero-order valence-electron chi connectivity index (χ0n) is 15.8. The van der Waals surface area contributed by atoms with Gasteiger partial charge in [-0.1, -0.05) is 6.92 Å². The fourth-order valence-corrected chi connectivity index (χ4v) is 4.20. The zero-order chi connectivity index (χ0) is 18.8. The van der Waals surface area contributed by atoms with Gasteiger partial charge in [-0.15, -0.1) is 0 Å². The number of anilines is 1. The minimum Gasteiger partial charge on any atom is -0.486 e. The number of hydrogen-bond donors (Lipinski definition) is 1. The fourth-order valence-electron chi connectivity index (χ4n) is 4.20. The Bertz CT molecular complexity index is 723. The van der Waals surface area contributed by atoms with Crippen LogP contribution in [0.25, 0.3) is 0 Å². The van der Waals surface area contributed by atoms with Gasteiger partial charge in [-0.05, 0) is 37.8 Å². The third kappa shape index (κ3) is 3.68. The number of nitrogens with one attached hydrogen (secondary N) is 1. The van der Waals surface area contributed by atoms with Crippen molar-refractivity contribution in [3.63, 3.8) is 0 Å². The van der Waals surface area contributed by atoms with Crippen LogP contribution in [0.2, 0.25) is 0 Å². The number of fused-ring (bicyclic) bond motifs is 1. The first-order chi connectivity index (χ1) is 13.2. The van der Waals surface area contributed by atoms with E-state index >= 15 is 0 Å². The van der Waals surface area contributed by atoms with Gasteiger partial charge in [0.15, 0.2) is 11.5 Å². The molecule has 3 aliphatic heterocycles. The highest BCUT2D eigenvalue weighted by Crippen LogP contribution is 2.35. The molecule has 3 heterocycles. The quantitative estimate of drug-likeness (QED) is 0.884. The number of carbonyl (C=O) groups excluding carboxylic acids is 2. The number of rotatable bonds is 3. The summed E-state index contributed by atoms with van der Waals surface area (Å²) in [5.74, 6) is 1.39. The first-order valence-electron chi connectivity index (χ1n) is 9.93. The van der Waals surface area contributed by atoms with Crippen molar-refractivity contribution in [2.24, 2.45) is 0 Å². The van der Waals surface area contributed by atoms with E-state index in [1.165, 1.54) is 6.42 Å². The van der Waals surface area contributed by atoms with Gasteiger partial charge in [0.2, 0.25) is 5.91 Å². The van der Waals surface area contributed by atoms with E-state index in [4.69, 9.17) is 9.47 Å². The zero-order valence-corrected chi connectivity index (χ0v) is 15.8. The molecule has 7 heteroatoms. The molecule has 0 spiro atoms. The van der Waals surface area contributed by atoms with Crippen LogP contribution in [-0.2, 0) is 4.79 Å². The van der Waals surface area contributed by atoms with Gasteiger partial charge in [-0.3, -0.25) is 4.79 Å². The summed E-state index contributed by atoms with van der Waals surface area (Å²) < 4.78 is 11.2. The Hall–Kier alpha value is -2.44. The molecule has 0 saturated carbocycles. The molecule has 0 aromatic heterocycles. The topological polar surface area (TPSA) is 71.1 Å². The lowest BCUT2D eigenvalue weighted by atomic mass is 10.0. The number of benzene rings is 1. The van der Waals surface area contributed by atoms with E-state index in [0.717, 1.165) is 31.5 Å². The molecular weight excluding hydrogens is 346 g/mol. The van der Waals surface area contributed by atoms with Gasteiger partial charge >= 0.3 is 6.03 Å². The Morgan fingerprint density at radius 1 is 1.22 bits per heavy atom. The minimum absolute atomic E-state index is 0.0164. The highest BCUT2D eigenvalue weighted by atomic mass is 16.6. The van der Waals surface area contributed by atoms with E-state index in [1.54, 1.807) is 4.90 Å². The van der Waals surface area contributed by atoms with Crippen molar-refractivity contribution in [2.75, 3.05) is 31.2 Å². The standard InChI is InChI=1S/C20H27N3O4/c1-2-15-5-3-4-8-22(15)20(25)21-14-11-19(24)23(13-14)16-6-7-17-18(12-16)27-10-9-26-17/h6-7,12,14-15H,2-5,8-11,13H2,1H3,(H,21,25)/t14-,15+/m1/s1. The second-order valence-electron chi connectivity index (χ2n) is 7.43. The highest BCUT2D eigenvalue weighted by molar-refractivity contribution is 5.97. The Labute approximate surface area is 159 Å². The van der Waals surface area contributed by atoms with Crippen LogP contribution in [-0.4, -0.2) is 55.2 Å². The number of nitrogens with zero attached hydrogens (tertiary/aromatic N) is 2. The van der Waals surface area contributed by atoms with Crippen LogP contribution < -0.4 is 19.7 Å². The van der Waals surface area contributed by atoms with Crippen molar-refractivity contribution < 1.29 is 19.1 Å². The van der Waals surface area contributed by atoms with Crippen molar-refractivity contribution in [3.05, 3.63) is 18.2 Å². The summed E-state index contributed by atoms with van der Waals surface area (Å²) in [6, 6.07) is 5.65. The van der Waals surface area contributed by atoms with E-state index in [-0.39, 0.29) is 18.0 Å². The maximum atomic E-state index is 12.7. The first-order valence-corrected chi connectivity index (χ1v) is 9.93. The summed E-state index contributed by atoms with van der Waals surface area (Å²) in [6.45, 7) is 4.46. The third-order valence-electron chi connectivity index (χ3n) is 5.65. The Balaban J connectivity index is 1.41. The van der Waals surface area contributed by atoms with Crippen LogP contribution in [0.5, 0.6) is 11.5 Å². The summed E-state index contributed by atoms with van der Waals surface area (Å²) in [7, 11) is 0. The van der Waals surface area contributed by atoms with Crippen LogP contribution in [0.3, 0.4) is 0 Å². The van der Waals surface area contributed by atoms with Crippen LogP contribution >= 0.6 is 0 Å². The van der Waals surface area contributed by atoms with E-state index < -0.39 is 0 Å². The molecule has 1 N–H and O–H groups in total. The van der Waals surface area contributed by atoms with Gasteiger partial charge in [0.1, 0.15) is 13.2 Å². The summed E-state index contributed by atoms with van der Waals surface area (Å²) in [5.41, 5.74) is 0.783. The van der Waals surface area contributed by atoms with Crippen LogP contribution in [0.1, 0.15) is 39.0 Å². The first kappa shape index (κ1) is 17.9. The number of urea groups is 1. The predicted octanol–water partition coefficient (Wildman–Crippen LogP) is 2.54. The second-order valence-corrected chi connectivity index (χ2v) is 7.43. The number of hydrogen-bond acceptors (Lipinski definition) is 4. The highest BCUT2D eigenvalue weighted by Gasteiger charge is 2.34. The smallest absolute Gasteiger partial charge is 0.317 e. The molecule has 0 aliphatic carbocycles. The molecule has 27 heavy (non-hydrogen) atoms. The van der Waals surface area contributed by atoms with Gasteiger partial charge in [-0.25, -0.2) is 4.79 Å². The SMILES string of the molecule is CC[C@H]1CCCCN1C(=O)N[C@@H]1CC(=O)N(c2ccc3c(c2)OCCO3)C1. The summed E-state index contributed by atoms with van der Waals surface area (Å²) >= 11 is 0. The van der Waals surface area contributed by atoms with Crippen LogP contribution in [0, 0.1) is 0 Å². The number of ether oxygens (including phenoxy) is 2. The van der Waals surface area contributed by atoms with Crippen molar-refractivity contribution >= 4 is 17.6 Å². The van der Waals surface area contributed by atoms with Gasteiger partial charge in [0.05, 0.1) is 6.04 Å². The molecule has 1 aromatic carbocycles. The lowest BCUT2D eigenvalue weighted by Gasteiger charge is -2.35. The number of piperidine rings is 1. The fraction of sp³-hybridized carbons (Fsp3) is 0.600. The Morgan fingerprint density at radius 2 is 2.04 bits per heavy atom. The van der Waals surface area contributed by atoms with Gasteiger partial charge in [0.25, 0.3) is 0 Å². The van der Waals surface area contributed by atoms with E-state index in [1.807, 2.05) is 23.1 Å². The normalized spacial score (nSPS) is 24.9. The van der Waals surface area contributed by atoms with Gasteiger partial charge in [-0.2, -0.15) is 0 Å². The molecule has 146 valence electrons. The molecule has 3 aliphatic rings. The van der Waals surface area contributed by atoms with Crippen molar-refractivity contribution in [2.45, 2.75) is 51.1 Å².